The topological polar surface area (TPSA) is 51.1 Å². The van der Waals surface area contributed by atoms with Gasteiger partial charge < -0.3 is 9.88 Å². The molecule has 0 spiro atoms. The number of fused-ring (bicyclic) bond motifs is 1. The maximum Gasteiger partial charge on any atom is 0.431 e. The second-order valence-corrected chi connectivity index (χ2v) is 6.36. The number of pyridine rings is 1. The highest BCUT2D eigenvalue weighted by atomic mass is 32.1. The fourth-order valence-electron chi connectivity index (χ4n) is 2.63. The van der Waals surface area contributed by atoms with Crippen LogP contribution in [-0.2, 0) is 12.7 Å². The molecular formula is C17H12F4N2O2S. The summed E-state index contributed by atoms with van der Waals surface area (Å²) in [4.78, 5) is 24.3. The minimum absolute atomic E-state index is 0.150. The number of para-hydroxylation sites is 1. The van der Waals surface area contributed by atoms with Crippen molar-refractivity contribution in [3.05, 3.63) is 68.4 Å². The number of carbonyl (C=O) groups is 1. The van der Waals surface area contributed by atoms with Crippen molar-refractivity contribution in [3.8, 4) is 0 Å². The quantitative estimate of drug-likeness (QED) is 0.698. The van der Waals surface area contributed by atoms with Crippen molar-refractivity contribution < 1.29 is 22.4 Å². The van der Waals surface area contributed by atoms with Crippen LogP contribution < -0.4 is 10.7 Å². The van der Waals surface area contributed by atoms with Crippen molar-refractivity contribution in [3.63, 3.8) is 0 Å². The zero-order valence-electron chi connectivity index (χ0n) is 13.1. The van der Waals surface area contributed by atoms with Crippen LogP contribution in [0.3, 0.4) is 0 Å². The van der Waals surface area contributed by atoms with Crippen molar-refractivity contribution >= 4 is 28.1 Å². The summed E-state index contributed by atoms with van der Waals surface area (Å²) in [6.45, 7) is -0.504. The van der Waals surface area contributed by atoms with Crippen LogP contribution >= 0.6 is 11.3 Å². The Morgan fingerprint density at radius 3 is 2.62 bits per heavy atom. The average molecular weight is 384 g/mol. The third kappa shape index (κ3) is 3.48. The molecule has 0 aliphatic carbocycles. The predicted octanol–water partition coefficient (Wildman–Crippen LogP) is 3.65. The number of carbonyl (C=O) groups excluding carboxylic acids is 1. The second kappa shape index (κ2) is 6.91. The molecule has 136 valence electrons. The molecule has 0 aliphatic heterocycles. The molecule has 0 saturated heterocycles. The normalized spacial score (nSPS) is 11.7. The number of hydrogen-bond donors (Lipinski definition) is 1. The Hall–Kier alpha value is -2.68. The minimum atomic E-state index is -4.84. The number of benzene rings is 1. The van der Waals surface area contributed by atoms with E-state index < -0.39 is 34.5 Å². The van der Waals surface area contributed by atoms with Crippen molar-refractivity contribution in [2.24, 2.45) is 0 Å². The summed E-state index contributed by atoms with van der Waals surface area (Å²) in [6.07, 6.45) is -4.84. The molecule has 0 radical (unpaired) electrons. The van der Waals surface area contributed by atoms with Gasteiger partial charge in [0.05, 0.1) is 10.4 Å². The summed E-state index contributed by atoms with van der Waals surface area (Å²) in [5.41, 5.74) is -2.60. The number of amides is 1. The summed E-state index contributed by atoms with van der Waals surface area (Å²) in [7, 11) is 0. The Morgan fingerprint density at radius 2 is 1.96 bits per heavy atom. The number of hydrogen-bond acceptors (Lipinski definition) is 3. The number of nitrogens with one attached hydrogen (secondary N) is 1. The lowest BCUT2D eigenvalue weighted by molar-refractivity contribution is -0.143. The third-order valence-corrected chi connectivity index (χ3v) is 4.61. The molecule has 0 saturated carbocycles. The standard InChI is InChI=1S/C17H12F4N2O2S/c18-11-4-1-3-10-12(24)9-14(17(19,20)21)23(15(10)11)7-6-22-16(25)13-5-2-8-26-13/h1-5,8-9H,6-7H2,(H,22,25). The number of rotatable bonds is 4. The largest absolute Gasteiger partial charge is 0.431 e. The van der Waals surface area contributed by atoms with Gasteiger partial charge in [0.25, 0.3) is 5.91 Å². The molecule has 1 amide bonds. The smallest absolute Gasteiger partial charge is 0.350 e. The van der Waals surface area contributed by atoms with Crippen molar-refractivity contribution in [2.75, 3.05) is 6.54 Å². The van der Waals surface area contributed by atoms with E-state index >= 15 is 0 Å². The lowest BCUT2D eigenvalue weighted by Gasteiger charge is -2.19. The Balaban J connectivity index is 1.99. The first kappa shape index (κ1) is 18.1. The first-order valence-corrected chi connectivity index (χ1v) is 8.38. The highest BCUT2D eigenvalue weighted by Crippen LogP contribution is 2.31. The maximum atomic E-state index is 14.2. The first-order valence-electron chi connectivity index (χ1n) is 7.50. The van der Waals surface area contributed by atoms with Gasteiger partial charge in [0.1, 0.15) is 11.5 Å². The zero-order valence-corrected chi connectivity index (χ0v) is 14.0. The number of thiophene rings is 1. The van der Waals surface area contributed by atoms with E-state index in [0.717, 1.165) is 6.07 Å². The second-order valence-electron chi connectivity index (χ2n) is 5.41. The number of halogens is 4. The van der Waals surface area contributed by atoms with E-state index in [0.29, 0.717) is 15.5 Å². The van der Waals surface area contributed by atoms with Crippen molar-refractivity contribution in [2.45, 2.75) is 12.7 Å². The number of alkyl halides is 3. The van der Waals surface area contributed by atoms with Gasteiger partial charge >= 0.3 is 6.18 Å². The van der Waals surface area contributed by atoms with Crippen LogP contribution in [0.5, 0.6) is 0 Å². The van der Waals surface area contributed by atoms with Gasteiger partial charge in [-0.05, 0) is 23.6 Å². The lowest BCUT2D eigenvalue weighted by atomic mass is 10.1. The molecule has 0 unspecified atom stereocenters. The van der Waals surface area contributed by atoms with Crippen LogP contribution in [0.4, 0.5) is 17.6 Å². The van der Waals surface area contributed by atoms with E-state index in [1.807, 2.05) is 0 Å². The zero-order chi connectivity index (χ0) is 18.9. The van der Waals surface area contributed by atoms with Gasteiger partial charge in [-0.1, -0.05) is 12.1 Å². The SMILES string of the molecule is O=C(NCCn1c(C(F)(F)F)cc(=O)c2cccc(F)c21)c1cccs1. The van der Waals surface area contributed by atoms with E-state index in [1.54, 1.807) is 17.5 Å². The van der Waals surface area contributed by atoms with E-state index in [9.17, 15) is 27.2 Å². The molecule has 3 rings (SSSR count). The van der Waals surface area contributed by atoms with Crippen LogP contribution in [0.2, 0.25) is 0 Å². The van der Waals surface area contributed by atoms with Gasteiger partial charge in [0, 0.05) is 24.5 Å². The Labute approximate surface area is 148 Å². The molecule has 0 aliphatic rings. The van der Waals surface area contributed by atoms with Gasteiger partial charge in [-0.15, -0.1) is 11.3 Å². The molecule has 3 aromatic rings. The predicted molar refractivity (Wildman–Crippen MR) is 89.8 cm³/mol. The summed E-state index contributed by atoms with van der Waals surface area (Å²) < 4.78 is 54.9. The van der Waals surface area contributed by atoms with Crippen LogP contribution in [-0.4, -0.2) is 17.0 Å². The minimum Gasteiger partial charge on any atom is -0.350 e. The third-order valence-electron chi connectivity index (χ3n) is 3.74. The van der Waals surface area contributed by atoms with E-state index in [2.05, 4.69) is 5.32 Å². The van der Waals surface area contributed by atoms with E-state index in [-0.39, 0.29) is 18.5 Å². The summed E-state index contributed by atoms with van der Waals surface area (Å²) in [6, 6.07) is 7.21. The molecule has 4 nitrogen and oxygen atoms in total. The summed E-state index contributed by atoms with van der Waals surface area (Å²) in [5.74, 6) is -1.37. The van der Waals surface area contributed by atoms with Crippen LogP contribution in [0.15, 0.2) is 46.6 Å². The Morgan fingerprint density at radius 1 is 1.19 bits per heavy atom. The lowest BCUT2D eigenvalue weighted by Crippen LogP contribution is -2.30. The summed E-state index contributed by atoms with van der Waals surface area (Å²) >= 11 is 1.19. The van der Waals surface area contributed by atoms with E-state index in [4.69, 9.17) is 0 Å². The Bertz CT molecular complexity index is 1010. The van der Waals surface area contributed by atoms with Crippen molar-refractivity contribution in [1.82, 2.24) is 9.88 Å². The van der Waals surface area contributed by atoms with Gasteiger partial charge in [0.2, 0.25) is 0 Å². The van der Waals surface area contributed by atoms with Crippen LogP contribution in [0.25, 0.3) is 10.9 Å². The van der Waals surface area contributed by atoms with Crippen LogP contribution in [0.1, 0.15) is 15.4 Å². The van der Waals surface area contributed by atoms with Gasteiger partial charge in [0.15, 0.2) is 5.43 Å². The molecule has 26 heavy (non-hydrogen) atoms. The molecule has 9 heteroatoms. The van der Waals surface area contributed by atoms with Gasteiger partial charge in [-0.2, -0.15) is 13.2 Å². The van der Waals surface area contributed by atoms with Crippen molar-refractivity contribution in [1.29, 1.82) is 0 Å². The fraction of sp³-hybridized carbons (Fsp3) is 0.176. The highest BCUT2D eigenvalue weighted by Gasteiger charge is 2.35. The molecule has 1 N–H and O–H groups in total. The first-order chi connectivity index (χ1) is 12.3. The summed E-state index contributed by atoms with van der Waals surface area (Å²) in [5, 5.41) is 4.04. The molecule has 1 aromatic carbocycles. The average Bonchev–Trinajstić information content (AvgIpc) is 3.10. The monoisotopic (exact) mass is 384 g/mol. The maximum absolute atomic E-state index is 14.2. The molecule has 0 fully saturated rings. The molecule has 2 aromatic heterocycles. The Kier molecular flexibility index (Phi) is 4.82. The van der Waals surface area contributed by atoms with E-state index in [1.165, 1.54) is 23.5 Å². The highest BCUT2D eigenvalue weighted by molar-refractivity contribution is 7.12. The molecular weight excluding hydrogens is 372 g/mol. The number of nitrogens with zero attached hydrogens (tertiary/aromatic N) is 1. The molecule has 0 atom stereocenters. The van der Waals surface area contributed by atoms with Crippen LogP contribution in [0, 0.1) is 5.82 Å². The molecule has 0 bridgehead atoms. The van der Waals surface area contributed by atoms with Gasteiger partial charge in [-0.25, -0.2) is 4.39 Å². The molecule has 2 heterocycles. The van der Waals surface area contributed by atoms with Gasteiger partial charge in [-0.3, -0.25) is 9.59 Å². The number of aromatic nitrogens is 1. The fourth-order valence-corrected chi connectivity index (χ4v) is 3.27.